The third kappa shape index (κ3) is 6.01. The van der Waals surface area contributed by atoms with E-state index in [4.69, 9.17) is 4.74 Å². The molecule has 0 spiro atoms. The second kappa shape index (κ2) is 10.6. The molecule has 1 aliphatic heterocycles. The summed E-state index contributed by atoms with van der Waals surface area (Å²) in [7, 11) is -3.68. The van der Waals surface area contributed by atoms with Crippen LogP contribution in [-0.2, 0) is 14.8 Å². The van der Waals surface area contributed by atoms with E-state index >= 15 is 0 Å². The number of morpholine rings is 1. The molecule has 13 heteroatoms. The van der Waals surface area contributed by atoms with Crippen molar-refractivity contribution >= 4 is 50.5 Å². The average molecular weight is 516 g/mol. The van der Waals surface area contributed by atoms with E-state index in [0.29, 0.717) is 43.2 Å². The predicted octanol–water partition coefficient (Wildman–Crippen LogP) is 3.06. The minimum Gasteiger partial charge on any atom is -0.378 e. The maximum absolute atomic E-state index is 12.4. The fourth-order valence-electron chi connectivity index (χ4n) is 3.38. The van der Waals surface area contributed by atoms with Crippen LogP contribution in [0.2, 0.25) is 0 Å². The fraction of sp³-hybridized carbons (Fsp3) is 0.182. The number of sulfonamides is 1. The highest BCUT2D eigenvalue weighted by atomic mass is 32.2. The topological polar surface area (TPSA) is 143 Å². The zero-order chi connectivity index (χ0) is 24.8. The van der Waals surface area contributed by atoms with Crippen LogP contribution in [-0.4, -0.2) is 51.8 Å². The summed E-state index contributed by atoms with van der Waals surface area (Å²) in [5, 5.41) is 17.1. The lowest BCUT2D eigenvalue weighted by atomic mass is 10.1. The van der Waals surface area contributed by atoms with Crippen molar-refractivity contribution in [2.24, 2.45) is 5.10 Å². The van der Waals surface area contributed by atoms with Crippen LogP contribution in [0.15, 0.2) is 69.3 Å². The zero-order valence-corrected chi connectivity index (χ0v) is 19.9. The number of nitrogens with zero attached hydrogens (tertiary/aromatic N) is 3. The van der Waals surface area contributed by atoms with Gasteiger partial charge in [0.2, 0.25) is 0 Å². The Balaban J connectivity index is 1.39. The number of amides is 1. The predicted molar refractivity (Wildman–Crippen MR) is 133 cm³/mol. The third-order valence-corrected chi connectivity index (χ3v) is 7.87. The number of hydrogen-bond donors (Lipinski definition) is 2. The van der Waals surface area contributed by atoms with Gasteiger partial charge < -0.3 is 9.64 Å². The van der Waals surface area contributed by atoms with E-state index in [1.54, 1.807) is 23.6 Å². The van der Waals surface area contributed by atoms with Gasteiger partial charge in [0.05, 0.1) is 24.4 Å². The van der Waals surface area contributed by atoms with E-state index in [9.17, 15) is 23.3 Å². The first-order valence-corrected chi connectivity index (χ1v) is 12.8. The molecular formula is C22H21N5O6S2. The molecule has 0 aliphatic carbocycles. The SMILES string of the molecule is O=C(NN=Cc1ccc(N2CCOCC2)c([N+](=O)[O-])c1)c1ccc(NS(=O)(=O)c2cccs2)cc1. The monoisotopic (exact) mass is 515 g/mol. The number of nitro benzene ring substituents is 1. The van der Waals surface area contributed by atoms with Crippen molar-refractivity contribution in [3.8, 4) is 0 Å². The van der Waals surface area contributed by atoms with Crippen molar-refractivity contribution in [1.82, 2.24) is 5.43 Å². The van der Waals surface area contributed by atoms with Crippen molar-refractivity contribution in [1.29, 1.82) is 0 Å². The summed E-state index contributed by atoms with van der Waals surface area (Å²) < 4.78 is 32.5. The Morgan fingerprint density at radius 3 is 2.54 bits per heavy atom. The molecule has 2 aromatic carbocycles. The number of anilines is 2. The van der Waals surface area contributed by atoms with Gasteiger partial charge in [-0.25, -0.2) is 13.8 Å². The van der Waals surface area contributed by atoms with Crippen LogP contribution in [0, 0.1) is 10.1 Å². The van der Waals surface area contributed by atoms with E-state index in [2.05, 4.69) is 15.2 Å². The summed E-state index contributed by atoms with van der Waals surface area (Å²) in [6, 6.07) is 13.7. The molecule has 0 unspecified atom stereocenters. The maximum atomic E-state index is 12.4. The number of hydrazone groups is 1. The maximum Gasteiger partial charge on any atom is 0.293 e. The van der Waals surface area contributed by atoms with Crippen LogP contribution < -0.4 is 15.0 Å². The van der Waals surface area contributed by atoms with Crippen molar-refractivity contribution in [3.05, 3.63) is 81.2 Å². The molecule has 0 atom stereocenters. The fourth-order valence-corrected chi connectivity index (χ4v) is 5.43. The van der Waals surface area contributed by atoms with E-state index in [0.717, 1.165) is 11.3 Å². The van der Waals surface area contributed by atoms with Crippen LogP contribution in [0.1, 0.15) is 15.9 Å². The standard InChI is InChI=1S/C22H21N5O6S2/c28-22(17-4-6-18(7-5-17)25-35(31,32)21-2-1-13-34-21)24-23-15-16-3-8-19(20(14-16)27(29)30)26-9-11-33-12-10-26/h1-8,13-15,25H,9-12H2,(H,24,28). The summed E-state index contributed by atoms with van der Waals surface area (Å²) in [4.78, 5) is 25.4. The Morgan fingerprint density at radius 1 is 1.14 bits per heavy atom. The van der Waals surface area contributed by atoms with Gasteiger partial charge in [-0.15, -0.1) is 11.3 Å². The number of ether oxygens (including phenoxy) is 1. The molecule has 35 heavy (non-hydrogen) atoms. The average Bonchev–Trinajstić information content (AvgIpc) is 3.41. The number of benzene rings is 2. The summed E-state index contributed by atoms with van der Waals surface area (Å²) in [6.07, 6.45) is 1.32. The largest absolute Gasteiger partial charge is 0.378 e. The van der Waals surface area contributed by atoms with Crippen LogP contribution in [0.5, 0.6) is 0 Å². The number of carbonyl (C=O) groups excluding carboxylic acids is 1. The first-order chi connectivity index (χ1) is 16.8. The Labute approximate surface area is 205 Å². The Hall–Kier alpha value is -3.81. The lowest BCUT2D eigenvalue weighted by Crippen LogP contribution is -2.36. The molecule has 182 valence electrons. The van der Waals surface area contributed by atoms with Gasteiger partial charge in [-0.05, 0) is 41.8 Å². The summed E-state index contributed by atoms with van der Waals surface area (Å²) in [5.74, 6) is -0.520. The lowest BCUT2D eigenvalue weighted by molar-refractivity contribution is -0.384. The lowest BCUT2D eigenvalue weighted by Gasteiger charge is -2.28. The third-order valence-electron chi connectivity index (χ3n) is 5.09. The van der Waals surface area contributed by atoms with E-state index < -0.39 is 20.9 Å². The Kier molecular flexibility index (Phi) is 7.39. The first-order valence-electron chi connectivity index (χ1n) is 10.4. The van der Waals surface area contributed by atoms with Gasteiger partial charge in [-0.1, -0.05) is 12.1 Å². The molecule has 1 aromatic heterocycles. The van der Waals surface area contributed by atoms with E-state index in [1.807, 2.05) is 4.90 Å². The van der Waals surface area contributed by atoms with Crippen molar-refractivity contribution in [2.75, 3.05) is 35.9 Å². The number of rotatable bonds is 8. The molecule has 0 radical (unpaired) electrons. The highest BCUT2D eigenvalue weighted by Gasteiger charge is 2.21. The second-order valence-corrected chi connectivity index (χ2v) is 10.3. The van der Waals surface area contributed by atoms with Crippen molar-refractivity contribution < 1.29 is 22.9 Å². The molecule has 1 aliphatic rings. The second-order valence-electron chi connectivity index (χ2n) is 7.42. The quantitative estimate of drug-likeness (QED) is 0.267. The van der Waals surface area contributed by atoms with Crippen LogP contribution in [0.3, 0.4) is 0 Å². The molecule has 4 rings (SSSR count). The van der Waals surface area contributed by atoms with Crippen LogP contribution >= 0.6 is 11.3 Å². The smallest absolute Gasteiger partial charge is 0.293 e. The molecule has 1 fully saturated rings. The minimum absolute atomic E-state index is 0.0530. The number of hydrogen-bond acceptors (Lipinski definition) is 9. The normalized spacial score (nSPS) is 14.1. The number of thiophene rings is 1. The number of carbonyl (C=O) groups is 1. The van der Waals surface area contributed by atoms with Gasteiger partial charge in [-0.3, -0.25) is 19.6 Å². The summed E-state index contributed by atoms with van der Waals surface area (Å²) in [5.41, 5.74) is 3.84. The molecule has 1 saturated heterocycles. The summed E-state index contributed by atoms with van der Waals surface area (Å²) >= 11 is 1.10. The Bertz CT molecular complexity index is 1340. The summed E-state index contributed by atoms with van der Waals surface area (Å²) in [6.45, 7) is 2.15. The highest BCUT2D eigenvalue weighted by Crippen LogP contribution is 2.29. The number of nitro groups is 1. The molecule has 2 N–H and O–H groups in total. The van der Waals surface area contributed by atoms with Gasteiger partial charge in [0.15, 0.2) is 0 Å². The van der Waals surface area contributed by atoms with Gasteiger partial charge >= 0.3 is 0 Å². The van der Waals surface area contributed by atoms with E-state index in [-0.39, 0.29) is 15.5 Å². The van der Waals surface area contributed by atoms with Gasteiger partial charge in [0.1, 0.15) is 9.90 Å². The number of nitrogens with one attached hydrogen (secondary N) is 2. The van der Waals surface area contributed by atoms with Crippen LogP contribution in [0.4, 0.5) is 17.1 Å². The van der Waals surface area contributed by atoms with Crippen LogP contribution in [0.25, 0.3) is 0 Å². The molecule has 1 amide bonds. The van der Waals surface area contributed by atoms with Gasteiger partial charge in [0, 0.05) is 36.0 Å². The molecule has 2 heterocycles. The van der Waals surface area contributed by atoms with Gasteiger partial charge in [0.25, 0.3) is 21.6 Å². The van der Waals surface area contributed by atoms with E-state index in [1.165, 1.54) is 42.6 Å². The van der Waals surface area contributed by atoms with Crippen molar-refractivity contribution in [3.63, 3.8) is 0 Å². The van der Waals surface area contributed by atoms with Crippen molar-refractivity contribution in [2.45, 2.75) is 4.21 Å². The molecule has 0 bridgehead atoms. The minimum atomic E-state index is -3.68. The first kappa shape index (κ1) is 24.3. The highest BCUT2D eigenvalue weighted by molar-refractivity contribution is 7.94. The van der Waals surface area contributed by atoms with Gasteiger partial charge in [-0.2, -0.15) is 5.10 Å². The molecule has 3 aromatic rings. The Morgan fingerprint density at radius 2 is 1.89 bits per heavy atom. The molecular weight excluding hydrogens is 494 g/mol. The zero-order valence-electron chi connectivity index (χ0n) is 18.3. The molecule has 0 saturated carbocycles. The molecule has 11 nitrogen and oxygen atoms in total.